The fourth-order valence-electron chi connectivity index (χ4n) is 2.44. The van der Waals surface area contributed by atoms with E-state index in [9.17, 15) is 5.11 Å². The van der Waals surface area contributed by atoms with Gasteiger partial charge in [0.1, 0.15) is 0 Å². The number of aromatic amines is 1. The molecule has 3 heteroatoms. The monoisotopic (exact) mass is 264 g/mol. The van der Waals surface area contributed by atoms with Crippen LogP contribution in [0.5, 0.6) is 5.88 Å². The number of aromatic nitrogens is 1. The molecule has 0 saturated carbocycles. The van der Waals surface area contributed by atoms with Crippen molar-refractivity contribution < 1.29 is 5.11 Å². The zero-order valence-electron chi connectivity index (χ0n) is 11.5. The first-order chi connectivity index (χ1) is 9.63. The first kappa shape index (κ1) is 12.5. The standard InChI is InChI=1S/C17H16N2O/c1-11-7-12(2)9-13(8-11)18-10-15-14-5-3-4-6-16(14)19-17(15)20/h3-10,19-20H,1-2H3. The molecule has 0 fully saturated rings. The normalized spacial score (nSPS) is 11.5. The average molecular weight is 264 g/mol. The molecule has 3 nitrogen and oxygen atoms in total. The number of benzene rings is 2. The number of nitrogens with zero attached hydrogens (tertiary/aromatic N) is 1. The smallest absolute Gasteiger partial charge is 0.198 e. The number of aliphatic imine (C=N–C) groups is 1. The lowest BCUT2D eigenvalue weighted by Crippen LogP contribution is -1.80. The molecule has 0 amide bonds. The van der Waals surface area contributed by atoms with Crippen molar-refractivity contribution in [1.29, 1.82) is 0 Å². The van der Waals surface area contributed by atoms with Crippen LogP contribution in [0.2, 0.25) is 0 Å². The van der Waals surface area contributed by atoms with E-state index >= 15 is 0 Å². The third-order valence-corrected chi connectivity index (χ3v) is 3.27. The van der Waals surface area contributed by atoms with Crippen LogP contribution in [0.4, 0.5) is 5.69 Å². The van der Waals surface area contributed by atoms with E-state index in [0.717, 1.165) is 22.2 Å². The maximum Gasteiger partial charge on any atom is 0.198 e. The Bertz CT molecular complexity index is 780. The Morgan fingerprint density at radius 1 is 1.05 bits per heavy atom. The number of rotatable bonds is 2. The quantitative estimate of drug-likeness (QED) is 0.668. The molecule has 0 atom stereocenters. The van der Waals surface area contributed by atoms with Gasteiger partial charge in [-0.25, -0.2) is 0 Å². The van der Waals surface area contributed by atoms with E-state index in [1.807, 2.05) is 36.4 Å². The van der Waals surface area contributed by atoms with E-state index in [0.29, 0.717) is 0 Å². The first-order valence-corrected chi connectivity index (χ1v) is 6.55. The highest BCUT2D eigenvalue weighted by molar-refractivity contribution is 6.02. The van der Waals surface area contributed by atoms with E-state index in [2.05, 4.69) is 29.9 Å². The van der Waals surface area contributed by atoms with E-state index < -0.39 is 0 Å². The first-order valence-electron chi connectivity index (χ1n) is 6.55. The summed E-state index contributed by atoms with van der Waals surface area (Å²) in [5, 5.41) is 10.9. The third kappa shape index (κ3) is 2.30. The number of aromatic hydroxyl groups is 1. The molecule has 0 radical (unpaired) electrons. The van der Waals surface area contributed by atoms with Crippen molar-refractivity contribution in [3.63, 3.8) is 0 Å². The highest BCUT2D eigenvalue weighted by Gasteiger charge is 2.07. The van der Waals surface area contributed by atoms with Crippen LogP contribution in [0.25, 0.3) is 10.9 Å². The Morgan fingerprint density at radius 3 is 2.50 bits per heavy atom. The molecule has 2 N–H and O–H groups in total. The van der Waals surface area contributed by atoms with Crippen molar-refractivity contribution in [2.45, 2.75) is 13.8 Å². The van der Waals surface area contributed by atoms with Crippen LogP contribution in [0, 0.1) is 13.8 Å². The molecule has 1 heterocycles. The summed E-state index contributed by atoms with van der Waals surface area (Å²) >= 11 is 0. The molecular weight excluding hydrogens is 248 g/mol. The van der Waals surface area contributed by atoms with Crippen LogP contribution < -0.4 is 0 Å². The predicted octanol–water partition coefficient (Wildman–Crippen LogP) is 4.24. The number of hydrogen-bond acceptors (Lipinski definition) is 2. The van der Waals surface area contributed by atoms with Crippen molar-refractivity contribution >= 4 is 22.8 Å². The van der Waals surface area contributed by atoms with Crippen LogP contribution in [-0.4, -0.2) is 16.3 Å². The van der Waals surface area contributed by atoms with E-state index in [-0.39, 0.29) is 5.88 Å². The molecule has 0 spiro atoms. The van der Waals surface area contributed by atoms with E-state index in [1.165, 1.54) is 11.1 Å². The number of nitrogens with one attached hydrogen (secondary N) is 1. The summed E-state index contributed by atoms with van der Waals surface area (Å²) in [6, 6.07) is 13.9. The van der Waals surface area contributed by atoms with Gasteiger partial charge in [-0.3, -0.25) is 4.99 Å². The van der Waals surface area contributed by atoms with Crippen molar-refractivity contribution in [3.05, 3.63) is 59.2 Å². The lowest BCUT2D eigenvalue weighted by atomic mass is 10.1. The third-order valence-electron chi connectivity index (χ3n) is 3.27. The van der Waals surface area contributed by atoms with Gasteiger partial charge in [-0.1, -0.05) is 24.3 Å². The number of aryl methyl sites for hydroxylation is 2. The molecule has 100 valence electrons. The zero-order chi connectivity index (χ0) is 14.1. The van der Waals surface area contributed by atoms with Gasteiger partial charge in [0.25, 0.3) is 0 Å². The number of hydrogen-bond donors (Lipinski definition) is 2. The van der Waals surface area contributed by atoms with Crippen LogP contribution >= 0.6 is 0 Å². The number of H-pyrrole nitrogens is 1. The zero-order valence-corrected chi connectivity index (χ0v) is 11.5. The van der Waals surface area contributed by atoms with Crippen molar-refractivity contribution in [3.8, 4) is 5.88 Å². The Balaban J connectivity index is 2.04. The summed E-state index contributed by atoms with van der Waals surface area (Å²) < 4.78 is 0. The second kappa shape index (κ2) is 4.85. The summed E-state index contributed by atoms with van der Waals surface area (Å²) in [4.78, 5) is 7.43. The molecule has 0 aliphatic rings. The average Bonchev–Trinajstić information content (AvgIpc) is 2.71. The van der Waals surface area contributed by atoms with Crippen molar-refractivity contribution in [2.75, 3.05) is 0 Å². The van der Waals surface area contributed by atoms with Crippen LogP contribution in [0.15, 0.2) is 47.5 Å². The Hall–Kier alpha value is -2.55. The summed E-state index contributed by atoms with van der Waals surface area (Å²) in [6.45, 7) is 4.10. The highest BCUT2D eigenvalue weighted by Crippen LogP contribution is 2.26. The fourth-order valence-corrected chi connectivity index (χ4v) is 2.44. The second-order valence-electron chi connectivity index (χ2n) is 5.04. The van der Waals surface area contributed by atoms with Crippen LogP contribution in [-0.2, 0) is 0 Å². The van der Waals surface area contributed by atoms with Gasteiger partial charge in [0.2, 0.25) is 0 Å². The van der Waals surface area contributed by atoms with E-state index in [4.69, 9.17) is 0 Å². The predicted molar refractivity (Wildman–Crippen MR) is 83.1 cm³/mol. The van der Waals surface area contributed by atoms with Gasteiger partial charge in [-0.15, -0.1) is 0 Å². The van der Waals surface area contributed by atoms with Gasteiger partial charge < -0.3 is 10.1 Å². The molecule has 2 aromatic carbocycles. The largest absolute Gasteiger partial charge is 0.494 e. The second-order valence-corrected chi connectivity index (χ2v) is 5.04. The molecule has 0 aliphatic carbocycles. The highest BCUT2D eigenvalue weighted by atomic mass is 16.3. The molecule has 0 bridgehead atoms. The Labute approximate surface area is 117 Å². The maximum absolute atomic E-state index is 9.97. The minimum atomic E-state index is 0.152. The van der Waals surface area contributed by atoms with E-state index in [1.54, 1.807) is 6.21 Å². The molecule has 1 aromatic heterocycles. The van der Waals surface area contributed by atoms with Gasteiger partial charge in [-0.2, -0.15) is 0 Å². The molecule has 0 saturated heterocycles. The minimum Gasteiger partial charge on any atom is -0.494 e. The lowest BCUT2D eigenvalue weighted by Gasteiger charge is -1.99. The Morgan fingerprint density at radius 2 is 1.75 bits per heavy atom. The topological polar surface area (TPSA) is 48.4 Å². The minimum absolute atomic E-state index is 0.152. The van der Waals surface area contributed by atoms with Crippen molar-refractivity contribution in [1.82, 2.24) is 4.98 Å². The fraction of sp³-hybridized carbons (Fsp3) is 0.118. The van der Waals surface area contributed by atoms with Gasteiger partial charge in [-0.05, 0) is 43.2 Å². The molecule has 0 aliphatic heterocycles. The molecule has 20 heavy (non-hydrogen) atoms. The Kier molecular flexibility index (Phi) is 3.03. The van der Waals surface area contributed by atoms with Gasteiger partial charge in [0.05, 0.1) is 11.3 Å². The van der Waals surface area contributed by atoms with Gasteiger partial charge in [0, 0.05) is 17.1 Å². The summed E-state index contributed by atoms with van der Waals surface area (Å²) in [5.74, 6) is 0.152. The van der Waals surface area contributed by atoms with Crippen LogP contribution in [0.1, 0.15) is 16.7 Å². The number of fused-ring (bicyclic) bond motifs is 1. The van der Waals surface area contributed by atoms with Crippen molar-refractivity contribution in [2.24, 2.45) is 4.99 Å². The van der Waals surface area contributed by atoms with Gasteiger partial charge in [0.15, 0.2) is 5.88 Å². The summed E-state index contributed by atoms with van der Waals surface area (Å²) in [5.41, 5.74) is 4.89. The van der Waals surface area contributed by atoms with Crippen LogP contribution in [0.3, 0.4) is 0 Å². The maximum atomic E-state index is 9.97. The summed E-state index contributed by atoms with van der Waals surface area (Å²) in [6.07, 6.45) is 1.71. The lowest BCUT2D eigenvalue weighted by molar-refractivity contribution is 0.457. The molecule has 3 rings (SSSR count). The molecule has 3 aromatic rings. The molecule has 0 unspecified atom stereocenters. The summed E-state index contributed by atoms with van der Waals surface area (Å²) in [7, 11) is 0. The number of para-hydroxylation sites is 1. The SMILES string of the molecule is Cc1cc(C)cc(N=Cc2c(O)[nH]c3ccccc23)c1. The molecular formula is C17H16N2O. The van der Waals surface area contributed by atoms with Gasteiger partial charge >= 0.3 is 0 Å².